The number of aromatic nitrogens is 2. The van der Waals surface area contributed by atoms with E-state index in [4.69, 9.17) is 24.7 Å². The van der Waals surface area contributed by atoms with Crippen molar-refractivity contribution in [3.63, 3.8) is 0 Å². The summed E-state index contributed by atoms with van der Waals surface area (Å²) in [5.41, 5.74) is 3.71. The second-order valence-corrected chi connectivity index (χ2v) is 17.1. The summed E-state index contributed by atoms with van der Waals surface area (Å²) in [5.74, 6) is -2.59. The zero-order valence-corrected chi connectivity index (χ0v) is 34.8. The Kier molecular flexibility index (Phi) is 12.6. The Bertz CT molecular complexity index is 1960. The fourth-order valence-electron chi connectivity index (χ4n) is 10.2. The number of fused-ring (bicyclic) bond motifs is 1. The van der Waals surface area contributed by atoms with Crippen molar-refractivity contribution in [1.29, 1.82) is 0 Å². The lowest BCUT2D eigenvalue weighted by molar-refractivity contribution is -0.185. The number of hydrogen-bond acceptors (Lipinski definition) is 17. The summed E-state index contributed by atoms with van der Waals surface area (Å²) in [7, 11) is 0. The lowest BCUT2D eigenvalue weighted by Crippen LogP contribution is -2.68. The number of allylic oxidation sites excluding steroid dienone is 1. The van der Waals surface area contributed by atoms with Crippen LogP contribution in [0.1, 0.15) is 65.9 Å². The number of esters is 2. The summed E-state index contributed by atoms with van der Waals surface area (Å²) < 4.78 is 23.2. The third kappa shape index (κ3) is 8.22. The molecule has 60 heavy (non-hydrogen) atoms. The molecule has 19 nitrogen and oxygen atoms in total. The molecule has 0 radical (unpaired) electrons. The normalized spacial score (nSPS) is 33.2. The fourth-order valence-corrected chi connectivity index (χ4v) is 10.2. The lowest BCUT2D eigenvalue weighted by atomic mass is 9.43. The molecule has 19 heteroatoms. The molecule has 6 aliphatic rings. The number of nitrogens with zero attached hydrogens (tertiary/aromatic N) is 5. The molecule has 1 aromatic heterocycles. The van der Waals surface area contributed by atoms with Gasteiger partial charge in [-0.1, -0.05) is 13.8 Å². The van der Waals surface area contributed by atoms with Crippen LogP contribution in [0.3, 0.4) is 0 Å². The monoisotopic (exact) mass is 835 g/mol. The Balaban J connectivity index is 1.30. The van der Waals surface area contributed by atoms with Gasteiger partial charge in [0.05, 0.1) is 63.3 Å². The van der Waals surface area contributed by atoms with Crippen LogP contribution in [-0.2, 0) is 38.1 Å². The number of amides is 2. The predicted octanol–water partition coefficient (Wildman–Crippen LogP) is -0.120. The highest BCUT2D eigenvalue weighted by Crippen LogP contribution is 2.66. The van der Waals surface area contributed by atoms with E-state index in [0.717, 1.165) is 0 Å². The van der Waals surface area contributed by atoms with Crippen LogP contribution in [0, 0.1) is 22.7 Å². The van der Waals surface area contributed by atoms with Gasteiger partial charge in [0.25, 0.3) is 0 Å². The van der Waals surface area contributed by atoms with Crippen molar-refractivity contribution in [2.45, 2.75) is 96.2 Å². The number of nitrogens with one attached hydrogen (secondary N) is 3. The van der Waals surface area contributed by atoms with E-state index in [9.17, 15) is 29.4 Å². The Morgan fingerprint density at radius 1 is 1.13 bits per heavy atom. The summed E-state index contributed by atoms with van der Waals surface area (Å²) in [4.78, 5) is 73.2. The lowest BCUT2D eigenvalue weighted by Gasteiger charge is -2.63. The number of aliphatic hydroxyl groups excluding tert-OH is 2. The number of guanidine groups is 1. The number of cyclic esters (lactones) is 1. The summed E-state index contributed by atoms with van der Waals surface area (Å²) >= 11 is 0. The van der Waals surface area contributed by atoms with E-state index in [-0.39, 0.29) is 71.8 Å². The summed E-state index contributed by atoms with van der Waals surface area (Å²) in [6.45, 7) is 11.6. The topological polar surface area (TPSA) is 265 Å². The molecule has 4 aliphatic heterocycles. The molecule has 5 heterocycles. The fraction of sp³-hybridized carbons (Fsp3) is 0.659. The SMILES string of the molecule is CCOC(=O)/C(=C1/C=C(C(CC2C3(CO3)C(NC(C)C(=O)N3CCOCC3)CC3[C@]2(C)CC[C@@H](O)[C@@]3(C)CO)NC(C)C(=O)NC2=NCC=N2)C(=O)O1)c1cnc(N)nc1. The van der Waals surface area contributed by atoms with Gasteiger partial charge in [0.2, 0.25) is 23.7 Å². The molecule has 2 amide bonds. The number of nitrogens with two attached hydrogens (primary N) is 1. The Morgan fingerprint density at radius 2 is 1.85 bits per heavy atom. The van der Waals surface area contributed by atoms with E-state index in [1.54, 1.807) is 25.0 Å². The van der Waals surface area contributed by atoms with E-state index in [1.165, 1.54) is 18.5 Å². The van der Waals surface area contributed by atoms with Crippen LogP contribution in [0.4, 0.5) is 5.95 Å². The van der Waals surface area contributed by atoms with Gasteiger partial charge in [-0.25, -0.2) is 29.5 Å². The first-order valence-corrected chi connectivity index (χ1v) is 20.8. The summed E-state index contributed by atoms with van der Waals surface area (Å²) in [6.07, 6.45) is 6.66. The molecule has 1 aromatic rings. The van der Waals surface area contributed by atoms with Crippen molar-refractivity contribution in [2.24, 2.45) is 32.7 Å². The van der Waals surface area contributed by atoms with Gasteiger partial charge in [0.1, 0.15) is 16.9 Å². The number of morpholine rings is 1. The molecule has 10 atom stereocenters. The van der Waals surface area contributed by atoms with E-state index >= 15 is 0 Å². The molecule has 0 aromatic carbocycles. The van der Waals surface area contributed by atoms with Crippen LogP contribution in [0.15, 0.2) is 39.8 Å². The molecule has 7 rings (SSSR count). The van der Waals surface area contributed by atoms with Crippen LogP contribution < -0.4 is 21.7 Å². The zero-order chi connectivity index (χ0) is 43.0. The number of nitrogen functional groups attached to an aromatic ring is 1. The Hall–Kier alpha value is -4.66. The minimum atomic E-state index is -0.908. The van der Waals surface area contributed by atoms with Gasteiger partial charge < -0.3 is 45.1 Å². The molecule has 2 saturated carbocycles. The number of epoxide rings is 1. The number of anilines is 1. The third-order valence-electron chi connectivity index (χ3n) is 13.6. The van der Waals surface area contributed by atoms with Crippen molar-refractivity contribution in [3.05, 3.63) is 35.4 Å². The Labute approximate surface area is 348 Å². The van der Waals surface area contributed by atoms with E-state index < -0.39 is 64.5 Å². The molecule has 2 aliphatic carbocycles. The number of aliphatic imine (C=N–C) groups is 2. The smallest absolute Gasteiger partial charge is 0.342 e. The van der Waals surface area contributed by atoms with Gasteiger partial charge >= 0.3 is 11.9 Å². The van der Waals surface area contributed by atoms with Crippen molar-refractivity contribution in [2.75, 3.05) is 58.4 Å². The molecule has 7 N–H and O–H groups in total. The second-order valence-electron chi connectivity index (χ2n) is 17.1. The molecule has 7 unspecified atom stereocenters. The van der Waals surface area contributed by atoms with E-state index in [0.29, 0.717) is 58.7 Å². The van der Waals surface area contributed by atoms with Crippen LogP contribution in [0.5, 0.6) is 0 Å². The first kappa shape index (κ1) is 43.4. The highest BCUT2D eigenvalue weighted by atomic mass is 16.6. The Morgan fingerprint density at radius 3 is 2.48 bits per heavy atom. The minimum absolute atomic E-state index is 0.0203. The van der Waals surface area contributed by atoms with Crippen LogP contribution >= 0.6 is 0 Å². The van der Waals surface area contributed by atoms with Gasteiger partial charge in [0.15, 0.2) is 0 Å². The maximum absolute atomic E-state index is 14.2. The van der Waals surface area contributed by atoms with Crippen molar-refractivity contribution in [3.8, 4) is 0 Å². The average Bonchev–Trinajstić information content (AvgIpc) is 3.67. The number of rotatable bonds is 13. The largest absolute Gasteiger partial charge is 0.462 e. The van der Waals surface area contributed by atoms with E-state index in [1.807, 2.05) is 13.8 Å². The number of hydrogen-bond donors (Lipinski definition) is 6. The standard InChI is InChI=1S/C41H57N9O10/c1-6-58-36(56)32(24-18-45-37(42)46-19-24)27-15-25(35(55)60-27)26(47-22(2)33(53)49-38-43-9-10-44-38)16-29-39(4)8-7-31(52)40(5,20-51)28(39)17-30(41(29)21-59-41)48-23(3)34(54)50-11-13-57-14-12-50/h9,15,18-19,22-23,26,28-31,47-48,51-52H,6-8,10-14,16-17,20-21H2,1-5H3,(H2,42,45,46)(H,44,49,53)/b32-27-/t22?,23?,26?,28?,29?,30?,31-,39+,40+,41?/m1/s1. The maximum Gasteiger partial charge on any atom is 0.342 e. The van der Waals surface area contributed by atoms with Gasteiger partial charge in [-0.3, -0.25) is 20.2 Å². The first-order valence-electron chi connectivity index (χ1n) is 20.8. The van der Waals surface area contributed by atoms with Crippen LogP contribution in [0.25, 0.3) is 5.57 Å². The van der Waals surface area contributed by atoms with Crippen LogP contribution in [0.2, 0.25) is 0 Å². The molecular formula is C41H57N9O10. The van der Waals surface area contributed by atoms with Crippen molar-refractivity contribution in [1.82, 2.24) is 30.8 Å². The zero-order valence-electron chi connectivity index (χ0n) is 34.8. The van der Waals surface area contributed by atoms with E-state index in [2.05, 4.69) is 42.8 Å². The highest BCUT2D eigenvalue weighted by Gasteiger charge is 2.71. The molecule has 4 fully saturated rings. The molecule has 2 saturated heterocycles. The van der Waals surface area contributed by atoms with Crippen molar-refractivity contribution >= 4 is 47.4 Å². The first-order chi connectivity index (χ1) is 28.6. The quantitative estimate of drug-likeness (QED) is 0.0860. The average molecular weight is 836 g/mol. The number of ether oxygens (including phenoxy) is 4. The molecular weight excluding hydrogens is 779 g/mol. The number of aliphatic hydroxyl groups is 2. The number of carbonyl (C=O) groups excluding carboxylic acids is 4. The van der Waals surface area contributed by atoms with Gasteiger partial charge in [0, 0.05) is 54.8 Å². The van der Waals surface area contributed by atoms with Crippen molar-refractivity contribution < 1.29 is 48.3 Å². The van der Waals surface area contributed by atoms with Gasteiger partial charge in [-0.05, 0) is 69.8 Å². The van der Waals surface area contributed by atoms with Gasteiger partial charge in [-0.2, -0.15) is 0 Å². The van der Waals surface area contributed by atoms with Gasteiger partial charge in [-0.15, -0.1) is 0 Å². The molecule has 1 spiro atoms. The maximum atomic E-state index is 14.2. The minimum Gasteiger partial charge on any atom is -0.462 e. The highest BCUT2D eigenvalue weighted by molar-refractivity contribution is 6.18. The number of carbonyl (C=O) groups is 4. The predicted molar refractivity (Wildman–Crippen MR) is 217 cm³/mol. The molecule has 0 bridgehead atoms. The second kappa shape index (κ2) is 17.4. The van der Waals surface area contributed by atoms with Crippen LogP contribution in [-0.4, -0.2) is 150 Å². The molecule has 326 valence electrons. The summed E-state index contributed by atoms with van der Waals surface area (Å²) in [6, 6.07) is -2.76. The third-order valence-corrected chi connectivity index (χ3v) is 13.6. The summed E-state index contributed by atoms with van der Waals surface area (Å²) in [5, 5.41) is 32.3.